The Morgan fingerprint density at radius 3 is 2.26 bits per heavy atom. The third-order valence-corrected chi connectivity index (χ3v) is 12.5. The van der Waals surface area contributed by atoms with E-state index in [1.807, 2.05) is 13.8 Å². The first-order valence-corrected chi connectivity index (χ1v) is 13.8. The molecule has 0 saturated heterocycles. The number of hydrogen-bond donors (Lipinski definition) is 4. The molecule has 35 heavy (non-hydrogen) atoms. The van der Waals surface area contributed by atoms with Crippen LogP contribution < -0.4 is 0 Å². The van der Waals surface area contributed by atoms with E-state index >= 15 is 0 Å². The van der Waals surface area contributed by atoms with Gasteiger partial charge in [0.05, 0.1) is 12.2 Å². The van der Waals surface area contributed by atoms with Gasteiger partial charge in [-0.05, 0) is 72.7 Å². The molecule has 5 rings (SSSR count). The molecule has 0 amide bonds. The molecule has 0 spiro atoms. The molecule has 5 aliphatic rings. The van der Waals surface area contributed by atoms with E-state index in [9.17, 15) is 25.2 Å². The maximum absolute atomic E-state index is 12.9. The van der Waals surface area contributed by atoms with Crippen LogP contribution in [0.1, 0.15) is 80.6 Å². The molecule has 5 aliphatic carbocycles. The average molecular weight is 487 g/mol. The first kappa shape index (κ1) is 25.5. The van der Waals surface area contributed by atoms with E-state index in [-0.39, 0.29) is 58.1 Å². The molecule has 0 aliphatic heterocycles. The fraction of sp³-hybridized carbons (Fsp3) is 0.833. The summed E-state index contributed by atoms with van der Waals surface area (Å²) < 4.78 is 0. The zero-order chi connectivity index (χ0) is 25.9. The maximum Gasteiger partial charge on any atom is 0.202 e. The Kier molecular flexibility index (Phi) is 5.42. The minimum atomic E-state index is -0.757. The lowest BCUT2D eigenvalue weighted by Gasteiger charge is -2.69. The van der Waals surface area contributed by atoms with Crippen molar-refractivity contribution in [3.05, 3.63) is 23.5 Å². The summed E-state index contributed by atoms with van der Waals surface area (Å²) in [5, 5.41) is 44.8. The summed E-state index contributed by atoms with van der Waals surface area (Å²) in [6, 6.07) is 0. The molecule has 3 fully saturated rings. The first-order chi connectivity index (χ1) is 16.1. The number of rotatable bonds is 2. The zero-order valence-corrected chi connectivity index (χ0v) is 22.6. The van der Waals surface area contributed by atoms with Crippen molar-refractivity contribution in [2.45, 2.75) is 92.8 Å². The molecule has 0 unspecified atom stereocenters. The highest BCUT2D eigenvalue weighted by atomic mass is 16.3. The molecule has 0 aromatic carbocycles. The maximum atomic E-state index is 12.9. The molecular formula is C30H46O5. The van der Waals surface area contributed by atoms with Crippen molar-refractivity contribution in [3.63, 3.8) is 0 Å². The Labute approximate surface area is 210 Å². The number of fused-ring (bicyclic) bond motifs is 7. The lowest BCUT2D eigenvalue weighted by molar-refractivity contribution is -0.203. The van der Waals surface area contributed by atoms with Gasteiger partial charge in [0.1, 0.15) is 0 Å². The van der Waals surface area contributed by atoms with Gasteiger partial charge in [0.15, 0.2) is 5.76 Å². The number of ketones is 1. The number of Topliss-reactive ketones (excluding diaryl/α,β-unsaturated/α-hetero) is 1. The number of carbonyl (C=O) groups is 1. The van der Waals surface area contributed by atoms with Crippen molar-refractivity contribution < 1.29 is 25.2 Å². The van der Waals surface area contributed by atoms with Crippen LogP contribution in [0.2, 0.25) is 0 Å². The molecule has 5 nitrogen and oxygen atoms in total. The van der Waals surface area contributed by atoms with E-state index in [4.69, 9.17) is 0 Å². The highest BCUT2D eigenvalue weighted by molar-refractivity contribution is 5.99. The Morgan fingerprint density at radius 1 is 1.00 bits per heavy atom. The highest BCUT2D eigenvalue weighted by Gasteiger charge is 2.72. The van der Waals surface area contributed by atoms with Crippen molar-refractivity contribution in [2.75, 3.05) is 6.61 Å². The van der Waals surface area contributed by atoms with Gasteiger partial charge in [0, 0.05) is 28.8 Å². The predicted octanol–water partition coefficient (Wildman–Crippen LogP) is 4.81. The Bertz CT molecular complexity index is 995. The Hall–Kier alpha value is -1.17. The lowest BCUT2D eigenvalue weighted by Crippen LogP contribution is -2.66. The molecule has 0 aromatic heterocycles. The van der Waals surface area contributed by atoms with Gasteiger partial charge in [-0.3, -0.25) is 4.79 Å². The fourth-order valence-corrected chi connectivity index (χ4v) is 10.7. The summed E-state index contributed by atoms with van der Waals surface area (Å²) in [5.41, 5.74) is -0.950. The Morgan fingerprint density at radius 2 is 1.66 bits per heavy atom. The SMILES string of the molecule is CC(C)[C@@H]1C[C@@H](O)[C@H]2[C@@]1(CO)CC[C@@]1(C)[C@H]3C(=CC[C@]21C)[C@@]1(C)C=C(O)C(=O)C(C)(C)[C@@H]1C[C@@H]3O. The van der Waals surface area contributed by atoms with E-state index in [2.05, 4.69) is 40.7 Å². The quantitative estimate of drug-likeness (QED) is 0.420. The van der Waals surface area contributed by atoms with Crippen LogP contribution in [0.15, 0.2) is 23.5 Å². The predicted molar refractivity (Wildman–Crippen MR) is 135 cm³/mol. The Balaban J connectivity index is 1.67. The molecule has 5 heteroatoms. The van der Waals surface area contributed by atoms with Crippen LogP contribution in [0.4, 0.5) is 0 Å². The van der Waals surface area contributed by atoms with Gasteiger partial charge in [-0.1, -0.05) is 60.1 Å². The number of aliphatic hydroxyl groups is 4. The fourth-order valence-electron chi connectivity index (χ4n) is 10.7. The van der Waals surface area contributed by atoms with Crippen LogP contribution in [0.3, 0.4) is 0 Å². The summed E-state index contributed by atoms with van der Waals surface area (Å²) in [5.74, 6) is 0.0374. The van der Waals surface area contributed by atoms with Gasteiger partial charge in [0.25, 0.3) is 0 Å². The summed E-state index contributed by atoms with van der Waals surface area (Å²) in [4.78, 5) is 12.9. The normalized spacial score (nSPS) is 52.7. The second kappa shape index (κ2) is 7.45. The molecule has 0 radical (unpaired) electrons. The molecule has 3 saturated carbocycles. The van der Waals surface area contributed by atoms with Crippen LogP contribution >= 0.6 is 0 Å². The minimum absolute atomic E-state index is 0.0324. The molecular weight excluding hydrogens is 440 g/mol. The third-order valence-electron chi connectivity index (χ3n) is 12.5. The summed E-state index contributed by atoms with van der Waals surface area (Å²) >= 11 is 0. The van der Waals surface area contributed by atoms with Gasteiger partial charge in [-0.2, -0.15) is 0 Å². The number of hydrogen-bond acceptors (Lipinski definition) is 5. The van der Waals surface area contributed by atoms with E-state index < -0.39 is 23.0 Å². The van der Waals surface area contributed by atoms with Crippen LogP contribution in [0.5, 0.6) is 0 Å². The lowest BCUT2D eigenvalue weighted by atomic mass is 9.35. The van der Waals surface area contributed by atoms with E-state index in [0.717, 1.165) is 31.3 Å². The van der Waals surface area contributed by atoms with E-state index in [1.54, 1.807) is 6.08 Å². The van der Waals surface area contributed by atoms with Crippen LogP contribution in [0.25, 0.3) is 0 Å². The van der Waals surface area contributed by atoms with E-state index in [0.29, 0.717) is 12.3 Å². The average Bonchev–Trinajstić information content (AvgIpc) is 3.09. The third kappa shape index (κ3) is 2.84. The summed E-state index contributed by atoms with van der Waals surface area (Å²) in [7, 11) is 0. The number of aliphatic hydroxyl groups excluding tert-OH is 4. The molecule has 0 heterocycles. The molecule has 0 aromatic rings. The number of allylic oxidation sites excluding steroid dienone is 3. The topological polar surface area (TPSA) is 98.0 Å². The monoisotopic (exact) mass is 486 g/mol. The summed E-state index contributed by atoms with van der Waals surface area (Å²) in [6.45, 7) is 15.1. The van der Waals surface area contributed by atoms with Gasteiger partial charge in [-0.15, -0.1) is 0 Å². The van der Waals surface area contributed by atoms with Crippen LogP contribution in [-0.2, 0) is 4.79 Å². The highest BCUT2D eigenvalue weighted by Crippen LogP contribution is 2.75. The van der Waals surface area contributed by atoms with Crippen molar-refractivity contribution >= 4 is 5.78 Å². The van der Waals surface area contributed by atoms with Gasteiger partial charge >= 0.3 is 0 Å². The second-order valence-corrected chi connectivity index (χ2v) is 14.4. The van der Waals surface area contributed by atoms with Crippen molar-refractivity contribution in [1.82, 2.24) is 0 Å². The smallest absolute Gasteiger partial charge is 0.202 e. The largest absolute Gasteiger partial charge is 0.505 e. The van der Waals surface area contributed by atoms with Crippen molar-refractivity contribution in [2.24, 2.45) is 56.7 Å². The second-order valence-electron chi connectivity index (χ2n) is 14.4. The molecule has 10 atom stereocenters. The van der Waals surface area contributed by atoms with Gasteiger partial charge < -0.3 is 20.4 Å². The zero-order valence-electron chi connectivity index (χ0n) is 22.6. The molecule has 196 valence electrons. The first-order valence-electron chi connectivity index (χ1n) is 13.8. The standard InChI is InChI=1S/C30H46O5/c1-16(2)18-12-20(33)24-29(7)9-8-17-23(28(29,6)10-11-30(18,24)15-31)19(32)13-22-26(3,4)25(35)21(34)14-27(17,22)5/h8,14,16,18-20,22-24,31-34H,9-13,15H2,1-7H3/t18-,19-,20+,22-,23-,24+,27+,28-,29+,30+/m0/s1. The molecule has 4 N–H and O–H groups in total. The van der Waals surface area contributed by atoms with Crippen LogP contribution in [0, 0.1) is 56.7 Å². The van der Waals surface area contributed by atoms with Crippen LogP contribution in [-0.4, -0.2) is 45.0 Å². The van der Waals surface area contributed by atoms with E-state index in [1.165, 1.54) is 0 Å². The van der Waals surface area contributed by atoms with Gasteiger partial charge in [0.2, 0.25) is 5.78 Å². The summed E-state index contributed by atoms with van der Waals surface area (Å²) in [6.07, 6.45) is 6.73. The van der Waals surface area contributed by atoms with Crippen molar-refractivity contribution in [3.8, 4) is 0 Å². The minimum Gasteiger partial charge on any atom is -0.505 e. The number of carbonyl (C=O) groups excluding carboxylic acids is 1. The van der Waals surface area contributed by atoms with Crippen molar-refractivity contribution in [1.29, 1.82) is 0 Å². The molecule has 0 bridgehead atoms. The van der Waals surface area contributed by atoms with Gasteiger partial charge in [-0.25, -0.2) is 0 Å².